The average Bonchev–Trinajstić information content (AvgIpc) is 3.19. The Bertz CT molecular complexity index is 1940. The number of aromatic nitrogens is 2. The number of hydrogen-bond acceptors (Lipinski definition) is 6. The smallest absolute Gasteiger partial charge is 0.279 e. The molecule has 0 aliphatic rings. The van der Waals surface area contributed by atoms with E-state index >= 15 is 0 Å². The predicted octanol–water partition coefficient (Wildman–Crippen LogP) is 5.33. The number of rotatable bonds is 6. The Labute approximate surface area is 223 Å². The van der Waals surface area contributed by atoms with Gasteiger partial charge in [0.15, 0.2) is 0 Å². The van der Waals surface area contributed by atoms with Gasteiger partial charge in [-0.3, -0.25) is 24.7 Å². The standard InChI is InChI=1S/C28H24N4O6S/c1-16-8-11-19(12-9-16)31-28(34)26(18(3)29-31)23-15-24(21-6-4-5-7-22(21)27(23)33)30-39(37,38)20-13-10-17(2)25(14-20)32(35)36/h4-15,29-30,33H,1-3H3. The lowest BCUT2D eigenvalue weighted by Gasteiger charge is -2.15. The van der Waals surface area contributed by atoms with Crippen LogP contribution in [0.15, 0.2) is 82.5 Å². The van der Waals surface area contributed by atoms with Crippen molar-refractivity contribution in [2.45, 2.75) is 25.7 Å². The lowest BCUT2D eigenvalue weighted by molar-refractivity contribution is -0.385. The molecule has 10 nitrogen and oxygen atoms in total. The Morgan fingerprint density at radius 3 is 2.28 bits per heavy atom. The molecule has 0 aliphatic heterocycles. The number of fused-ring (bicyclic) bond motifs is 1. The zero-order valence-electron chi connectivity index (χ0n) is 21.2. The molecule has 0 spiro atoms. The number of H-pyrrole nitrogens is 1. The molecule has 0 saturated carbocycles. The van der Waals surface area contributed by atoms with Gasteiger partial charge in [-0.1, -0.05) is 48.0 Å². The van der Waals surface area contributed by atoms with Gasteiger partial charge in [0.2, 0.25) is 0 Å². The van der Waals surface area contributed by atoms with Crippen LogP contribution in [0.3, 0.4) is 0 Å². The van der Waals surface area contributed by atoms with E-state index in [1.165, 1.54) is 29.8 Å². The number of nitrogens with one attached hydrogen (secondary N) is 2. The molecule has 0 radical (unpaired) electrons. The number of sulfonamides is 1. The highest BCUT2D eigenvalue weighted by Crippen LogP contribution is 2.41. The lowest BCUT2D eigenvalue weighted by atomic mass is 9.98. The first-order valence-electron chi connectivity index (χ1n) is 11.9. The number of nitro groups is 1. The molecule has 0 aliphatic carbocycles. The third-order valence-corrected chi connectivity index (χ3v) is 7.94. The van der Waals surface area contributed by atoms with Gasteiger partial charge >= 0.3 is 0 Å². The quantitative estimate of drug-likeness (QED) is 0.150. The summed E-state index contributed by atoms with van der Waals surface area (Å²) in [4.78, 5) is 24.0. The van der Waals surface area contributed by atoms with Crippen molar-refractivity contribution in [2.75, 3.05) is 4.72 Å². The van der Waals surface area contributed by atoms with Gasteiger partial charge in [-0.2, -0.15) is 0 Å². The monoisotopic (exact) mass is 544 g/mol. The van der Waals surface area contributed by atoms with Gasteiger partial charge in [0.05, 0.1) is 26.8 Å². The summed E-state index contributed by atoms with van der Waals surface area (Å²) in [5.74, 6) is -0.185. The summed E-state index contributed by atoms with van der Waals surface area (Å²) in [6.45, 7) is 5.14. The van der Waals surface area contributed by atoms with E-state index in [1.54, 1.807) is 43.3 Å². The van der Waals surface area contributed by atoms with Crippen molar-refractivity contribution in [3.8, 4) is 22.6 Å². The lowest BCUT2D eigenvalue weighted by Crippen LogP contribution is -2.16. The van der Waals surface area contributed by atoms with E-state index in [2.05, 4.69) is 9.82 Å². The molecule has 0 unspecified atom stereocenters. The summed E-state index contributed by atoms with van der Waals surface area (Å²) in [7, 11) is -4.28. The second kappa shape index (κ2) is 9.44. The van der Waals surface area contributed by atoms with Crippen LogP contribution in [0, 0.1) is 30.9 Å². The Morgan fingerprint density at radius 2 is 1.62 bits per heavy atom. The van der Waals surface area contributed by atoms with E-state index in [0.717, 1.165) is 11.6 Å². The molecule has 39 heavy (non-hydrogen) atoms. The molecular weight excluding hydrogens is 520 g/mol. The van der Waals surface area contributed by atoms with E-state index in [-0.39, 0.29) is 33.1 Å². The Kier molecular flexibility index (Phi) is 6.23. The summed E-state index contributed by atoms with van der Waals surface area (Å²) in [6.07, 6.45) is 0. The summed E-state index contributed by atoms with van der Waals surface area (Å²) < 4.78 is 30.6. The molecule has 0 atom stereocenters. The van der Waals surface area contributed by atoms with E-state index in [4.69, 9.17) is 0 Å². The molecule has 1 aromatic heterocycles. The van der Waals surface area contributed by atoms with Crippen molar-refractivity contribution < 1.29 is 18.4 Å². The number of aryl methyl sites for hydroxylation is 3. The van der Waals surface area contributed by atoms with Crippen molar-refractivity contribution in [3.63, 3.8) is 0 Å². The second-order valence-corrected chi connectivity index (χ2v) is 10.9. The highest BCUT2D eigenvalue weighted by molar-refractivity contribution is 7.92. The van der Waals surface area contributed by atoms with Crippen LogP contribution in [0.5, 0.6) is 5.75 Å². The molecule has 0 saturated heterocycles. The molecule has 4 aromatic carbocycles. The van der Waals surface area contributed by atoms with E-state index < -0.39 is 20.5 Å². The van der Waals surface area contributed by atoms with E-state index in [9.17, 15) is 28.4 Å². The van der Waals surface area contributed by atoms with Gasteiger partial charge in [0.1, 0.15) is 5.75 Å². The highest BCUT2D eigenvalue weighted by atomic mass is 32.2. The minimum absolute atomic E-state index is 0.100. The number of phenols is 1. The maximum absolute atomic E-state index is 13.5. The molecule has 0 fully saturated rings. The largest absolute Gasteiger partial charge is 0.507 e. The van der Waals surface area contributed by atoms with Crippen molar-refractivity contribution in [1.29, 1.82) is 0 Å². The van der Waals surface area contributed by atoms with Crippen LogP contribution in [0.25, 0.3) is 27.6 Å². The minimum Gasteiger partial charge on any atom is -0.507 e. The van der Waals surface area contributed by atoms with Crippen LogP contribution >= 0.6 is 0 Å². The number of benzene rings is 4. The summed E-state index contributed by atoms with van der Waals surface area (Å²) in [5.41, 5.74) is 2.07. The SMILES string of the molecule is Cc1ccc(-n2[nH]c(C)c(-c3cc(NS(=O)(=O)c4ccc(C)c([N+](=O)[O-])c4)c4ccccc4c3O)c2=O)cc1. The molecule has 0 amide bonds. The molecule has 1 heterocycles. The molecule has 5 aromatic rings. The van der Waals surface area contributed by atoms with Crippen LogP contribution in [-0.2, 0) is 10.0 Å². The normalized spacial score (nSPS) is 11.6. The van der Waals surface area contributed by atoms with Crippen LogP contribution in [0.4, 0.5) is 11.4 Å². The van der Waals surface area contributed by atoms with Gasteiger partial charge < -0.3 is 5.11 Å². The van der Waals surface area contributed by atoms with Crippen molar-refractivity contribution >= 4 is 32.2 Å². The number of hydrogen-bond donors (Lipinski definition) is 3. The van der Waals surface area contributed by atoms with Crippen LogP contribution in [0.1, 0.15) is 16.8 Å². The van der Waals surface area contributed by atoms with Gasteiger partial charge in [-0.15, -0.1) is 0 Å². The van der Waals surface area contributed by atoms with Crippen molar-refractivity contribution in [3.05, 3.63) is 110 Å². The molecule has 5 rings (SSSR count). The van der Waals surface area contributed by atoms with Gasteiger partial charge in [-0.25, -0.2) is 13.1 Å². The summed E-state index contributed by atoms with van der Waals surface area (Å²) in [5, 5.41) is 26.3. The van der Waals surface area contributed by atoms with E-state index in [1.807, 2.05) is 19.1 Å². The molecule has 11 heteroatoms. The number of nitrogens with zero attached hydrogens (tertiary/aromatic N) is 2. The first-order valence-corrected chi connectivity index (χ1v) is 13.4. The Morgan fingerprint density at radius 1 is 0.949 bits per heavy atom. The van der Waals surface area contributed by atoms with Crippen LogP contribution in [-0.4, -0.2) is 28.2 Å². The number of aromatic hydroxyl groups is 1. The summed E-state index contributed by atoms with van der Waals surface area (Å²) >= 11 is 0. The zero-order chi connectivity index (χ0) is 28.1. The van der Waals surface area contributed by atoms with Gasteiger partial charge in [0, 0.05) is 33.7 Å². The molecule has 198 valence electrons. The first kappa shape index (κ1) is 25.7. The topological polar surface area (TPSA) is 147 Å². The fourth-order valence-corrected chi connectivity index (χ4v) is 5.62. The third-order valence-electron chi connectivity index (χ3n) is 6.58. The average molecular weight is 545 g/mol. The Hall–Kier alpha value is -4.90. The van der Waals surface area contributed by atoms with Gasteiger partial charge in [0.25, 0.3) is 21.3 Å². The second-order valence-electron chi connectivity index (χ2n) is 9.26. The summed E-state index contributed by atoms with van der Waals surface area (Å²) in [6, 6.07) is 19.0. The Balaban J connectivity index is 1.68. The minimum atomic E-state index is -4.28. The number of anilines is 1. The van der Waals surface area contributed by atoms with Gasteiger partial charge in [-0.05, 0) is 45.0 Å². The van der Waals surface area contributed by atoms with Crippen LogP contribution in [0.2, 0.25) is 0 Å². The number of phenolic OH excluding ortho intramolecular Hbond substituents is 1. The molecule has 3 N–H and O–H groups in total. The highest BCUT2D eigenvalue weighted by Gasteiger charge is 2.24. The van der Waals surface area contributed by atoms with E-state index in [0.29, 0.717) is 27.7 Å². The fraction of sp³-hybridized carbons (Fsp3) is 0.107. The zero-order valence-corrected chi connectivity index (χ0v) is 22.0. The predicted molar refractivity (Wildman–Crippen MR) is 149 cm³/mol. The maximum Gasteiger partial charge on any atom is 0.279 e. The number of aromatic amines is 1. The van der Waals surface area contributed by atoms with Crippen LogP contribution < -0.4 is 10.3 Å². The third kappa shape index (κ3) is 4.53. The first-order chi connectivity index (χ1) is 18.5. The van der Waals surface area contributed by atoms with Crippen molar-refractivity contribution in [1.82, 2.24) is 9.78 Å². The maximum atomic E-state index is 13.5. The number of nitro benzene ring substituents is 1. The molecular formula is C28H24N4O6S. The van der Waals surface area contributed by atoms with Crippen molar-refractivity contribution in [2.24, 2.45) is 0 Å². The fourth-order valence-electron chi connectivity index (χ4n) is 4.53. The molecule has 0 bridgehead atoms.